The smallest absolute Gasteiger partial charge is 0.343 e. The molecule has 2 N–H and O–H groups in total. The monoisotopic (exact) mass is 187 g/mol. The Labute approximate surface area is 73.4 Å². The first-order valence-corrected chi connectivity index (χ1v) is 3.55. The van der Waals surface area contributed by atoms with Gasteiger partial charge < -0.3 is 20.3 Å². The molecule has 0 aromatic carbocycles. The van der Waals surface area contributed by atoms with Gasteiger partial charge in [0.1, 0.15) is 12.7 Å². The van der Waals surface area contributed by atoms with Crippen LogP contribution < -0.4 is 0 Å². The van der Waals surface area contributed by atoms with Crippen molar-refractivity contribution < 1.29 is 15.1 Å². The number of nitrogens with zero attached hydrogens (tertiary/aromatic N) is 3. The molecule has 0 atom stereocenters. The Hall–Kier alpha value is -1.47. The van der Waals surface area contributed by atoms with E-state index in [1.807, 2.05) is 0 Å². The number of aromatic nitrogens is 2. The zero-order chi connectivity index (χ0) is 10.0. The van der Waals surface area contributed by atoms with Crippen LogP contribution in [0.1, 0.15) is 5.82 Å². The van der Waals surface area contributed by atoms with Gasteiger partial charge in [0.2, 0.25) is 0 Å². The molecule has 1 heterocycles. The highest BCUT2D eigenvalue weighted by Crippen LogP contribution is 2.13. The maximum atomic E-state index is 10.4. The van der Waals surface area contributed by atoms with E-state index in [1.165, 1.54) is 0 Å². The van der Waals surface area contributed by atoms with Crippen molar-refractivity contribution in [1.29, 1.82) is 0 Å². The van der Waals surface area contributed by atoms with Crippen molar-refractivity contribution in [1.82, 2.24) is 9.55 Å². The Kier molecular flexibility index (Phi) is 2.59. The van der Waals surface area contributed by atoms with E-state index < -0.39 is 11.2 Å². The van der Waals surface area contributed by atoms with Crippen LogP contribution in [0.4, 0.5) is 5.82 Å². The SMILES string of the molecule is Cc1ncc([N+](=O)[O-])n1CC(O)O. The molecule has 7 nitrogen and oxygen atoms in total. The van der Waals surface area contributed by atoms with Gasteiger partial charge in [0, 0.05) is 6.92 Å². The van der Waals surface area contributed by atoms with Gasteiger partial charge >= 0.3 is 5.82 Å². The van der Waals surface area contributed by atoms with E-state index >= 15 is 0 Å². The molecular weight excluding hydrogens is 178 g/mol. The zero-order valence-electron chi connectivity index (χ0n) is 6.91. The minimum atomic E-state index is -1.62. The topological polar surface area (TPSA) is 101 Å². The Morgan fingerprint density at radius 2 is 2.38 bits per heavy atom. The van der Waals surface area contributed by atoms with Crippen molar-refractivity contribution in [2.45, 2.75) is 19.8 Å². The minimum absolute atomic E-state index is 0.245. The molecule has 7 heteroatoms. The van der Waals surface area contributed by atoms with Crippen LogP contribution >= 0.6 is 0 Å². The normalized spacial score (nSPS) is 10.8. The van der Waals surface area contributed by atoms with E-state index in [0.29, 0.717) is 5.82 Å². The van der Waals surface area contributed by atoms with Crippen molar-refractivity contribution in [3.63, 3.8) is 0 Å². The number of hydrogen-bond acceptors (Lipinski definition) is 5. The summed E-state index contributed by atoms with van der Waals surface area (Å²) >= 11 is 0. The van der Waals surface area contributed by atoms with Gasteiger partial charge in [-0.2, -0.15) is 0 Å². The van der Waals surface area contributed by atoms with Crippen LogP contribution in [0.2, 0.25) is 0 Å². The van der Waals surface area contributed by atoms with Crippen LogP contribution in [-0.2, 0) is 6.54 Å². The predicted molar refractivity (Wildman–Crippen MR) is 41.8 cm³/mol. The average molecular weight is 187 g/mol. The molecule has 0 bridgehead atoms. The molecular formula is C6H9N3O4. The lowest BCUT2D eigenvalue weighted by molar-refractivity contribution is -0.392. The summed E-state index contributed by atoms with van der Waals surface area (Å²) in [4.78, 5) is 13.5. The summed E-state index contributed by atoms with van der Waals surface area (Å²) in [5.74, 6) is 0.130. The van der Waals surface area contributed by atoms with Gasteiger partial charge in [0.25, 0.3) is 0 Å². The van der Waals surface area contributed by atoms with Crippen LogP contribution in [0.15, 0.2) is 6.20 Å². The van der Waals surface area contributed by atoms with Crippen LogP contribution in [0.5, 0.6) is 0 Å². The van der Waals surface area contributed by atoms with E-state index in [1.54, 1.807) is 6.92 Å². The summed E-state index contributed by atoms with van der Waals surface area (Å²) in [5.41, 5.74) is 0. The fourth-order valence-electron chi connectivity index (χ4n) is 0.991. The third-order valence-corrected chi connectivity index (χ3v) is 1.57. The lowest BCUT2D eigenvalue weighted by Crippen LogP contribution is -2.17. The summed E-state index contributed by atoms with van der Waals surface area (Å²) in [6, 6.07) is 0. The standard InChI is InChI=1S/C6H9N3O4/c1-4-7-2-5(9(12)13)8(4)3-6(10)11/h2,6,10-11H,3H2,1H3. The highest BCUT2D eigenvalue weighted by Gasteiger charge is 2.18. The van der Waals surface area contributed by atoms with Gasteiger partial charge in [-0.05, 0) is 4.92 Å². The molecule has 13 heavy (non-hydrogen) atoms. The molecule has 1 aromatic rings. The molecule has 0 unspecified atom stereocenters. The Morgan fingerprint density at radius 1 is 1.77 bits per heavy atom. The lowest BCUT2D eigenvalue weighted by Gasteiger charge is -2.03. The van der Waals surface area contributed by atoms with E-state index in [-0.39, 0.29) is 12.4 Å². The summed E-state index contributed by atoms with van der Waals surface area (Å²) in [6.45, 7) is 1.30. The molecule has 72 valence electrons. The van der Waals surface area contributed by atoms with Gasteiger partial charge in [-0.1, -0.05) is 0 Å². The van der Waals surface area contributed by atoms with Gasteiger partial charge in [-0.3, -0.25) is 0 Å². The molecule has 0 aliphatic carbocycles. The van der Waals surface area contributed by atoms with Crippen molar-refractivity contribution in [3.8, 4) is 0 Å². The third kappa shape index (κ3) is 2.01. The minimum Gasteiger partial charge on any atom is -0.365 e. The number of hydrogen-bond donors (Lipinski definition) is 2. The molecule has 0 amide bonds. The summed E-state index contributed by atoms with van der Waals surface area (Å²) in [5, 5.41) is 27.7. The third-order valence-electron chi connectivity index (χ3n) is 1.57. The van der Waals surface area contributed by atoms with Gasteiger partial charge in [0.15, 0.2) is 12.1 Å². The average Bonchev–Trinajstić information content (AvgIpc) is 2.32. The van der Waals surface area contributed by atoms with Crippen molar-refractivity contribution in [3.05, 3.63) is 22.1 Å². The van der Waals surface area contributed by atoms with E-state index in [4.69, 9.17) is 10.2 Å². The fraction of sp³-hybridized carbons (Fsp3) is 0.500. The fourth-order valence-corrected chi connectivity index (χ4v) is 0.991. The molecule has 1 rings (SSSR count). The second-order valence-corrected chi connectivity index (χ2v) is 2.51. The molecule has 0 radical (unpaired) electrons. The summed E-state index contributed by atoms with van der Waals surface area (Å²) in [7, 11) is 0. The largest absolute Gasteiger partial charge is 0.365 e. The lowest BCUT2D eigenvalue weighted by atomic mass is 10.5. The number of imidazole rings is 1. The van der Waals surface area contributed by atoms with Gasteiger partial charge in [-0.25, -0.2) is 9.55 Å². The molecule has 0 spiro atoms. The van der Waals surface area contributed by atoms with Crippen LogP contribution in [0.3, 0.4) is 0 Å². The van der Waals surface area contributed by atoms with Gasteiger partial charge in [-0.15, -0.1) is 0 Å². The summed E-state index contributed by atoms with van der Waals surface area (Å²) in [6.07, 6.45) is -0.538. The first-order valence-electron chi connectivity index (χ1n) is 3.55. The first kappa shape index (κ1) is 9.62. The highest BCUT2D eigenvalue weighted by atomic mass is 16.6. The molecule has 0 fully saturated rings. The number of aryl methyl sites for hydroxylation is 1. The van der Waals surface area contributed by atoms with Crippen molar-refractivity contribution in [2.75, 3.05) is 0 Å². The maximum absolute atomic E-state index is 10.4. The zero-order valence-corrected chi connectivity index (χ0v) is 6.91. The molecule has 0 aliphatic rings. The van der Waals surface area contributed by atoms with Crippen LogP contribution in [0.25, 0.3) is 0 Å². The first-order chi connectivity index (χ1) is 6.02. The second kappa shape index (κ2) is 3.50. The Bertz CT molecular complexity index is 320. The molecule has 0 saturated heterocycles. The van der Waals surface area contributed by atoms with Crippen LogP contribution in [-0.4, -0.2) is 31.0 Å². The number of aliphatic hydroxyl groups is 2. The van der Waals surface area contributed by atoms with Gasteiger partial charge in [0.05, 0.1) is 0 Å². The Balaban J connectivity index is 3.01. The molecule has 0 aliphatic heterocycles. The number of nitro groups is 1. The number of aliphatic hydroxyl groups excluding tert-OH is 1. The van der Waals surface area contributed by atoms with Crippen molar-refractivity contribution >= 4 is 5.82 Å². The summed E-state index contributed by atoms with van der Waals surface area (Å²) < 4.78 is 1.13. The van der Waals surface area contributed by atoms with Crippen LogP contribution in [0, 0.1) is 17.0 Å². The van der Waals surface area contributed by atoms with E-state index in [9.17, 15) is 10.1 Å². The quantitative estimate of drug-likeness (QED) is 0.374. The molecule has 1 aromatic heterocycles. The van der Waals surface area contributed by atoms with Crippen molar-refractivity contribution in [2.24, 2.45) is 0 Å². The van der Waals surface area contributed by atoms with E-state index in [2.05, 4.69) is 4.98 Å². The highest BCUT2D eigenvalue weighted by molar-refractivity contribution is 5.18. The van der Waals surface area contributed by atoms with E-state index in [0.717, 1.165) is 10.8 Å². The Morgan fingerprint density at radius 3 is 2.85 bits per heavy atom. The number of rotatable bonds is 3. The maximum Gasteiger partial charge on any atom is 0.343 e. The second-order valence-electron chi connectivity index (χ2n) is 2.51. The predicted octanol–water partition coefficient (Wildman–Crippen LogP) is -0.590. The molecule has 0 saturated carbocycles.